The number of amides is 1. The largest absolute Gasteiger partial charge is 0.369 e. The minimum atomic E-state index is -3.01. The molecule has 1 aliphatic heterocycles. The van der Waals surface area contributed by atoms with E-state index < -0.39 is 9.84 Å². The lowest BCUT2D eigenvalue weighted by Crippen LogP contribution is -2.43. The molecule has 166 valence electrons. The number of carbonyl (C=O) groups excluding carboxylic acids is 1. The highest BCUT2D eigenvalue weighted by molar-refractivity contribution is 7.91. The van der Waals surface area contributed by atoms with Crippen molar-refractivity contribution in [2.75, 3.05) is 36.5 Å². The molecule has 0 atom stereocenters. The molecule has 31 heavy (non-hydrogen) atoms. The number of pyridine rings is 1. The van der Waals surface area contributed by atoms with E-state index in [1.807, 2.05) is 6.07 Å². The maximum absolute atomic E-state index is 12.7. The minimum absolute atomic E-state index is 0.0345. The van der Waals surface area contributed by atoms with E-state index >= 15 is 0 Å². The van der Waals surface area contributed by atoms with Gasteiger partial charge in [0.15, 0.2) is 9.84 Å². The lowest BCUT2D eigenvalue weighted by atomic mass is 9.68. The lowest BCUT2D eigenvalue weighted by Gasteiger charge is -2.39. The molecule has 0 spiro atoms. The number of sulfone groups is 1. The monoisotopic (exact) mass is 441 g/mol. The molecule has 1 aromatic heterocycles. The van der Waals surface area contributed by atoms with Crippen molar-refractivity contribution < 1.29 is 13.2 Å². The van der Waals surface area contributed by atoms with Crippen LogP contribution in [-0.4, -0.2) is 55.3 Å². The summed E-state index contributed by atoms with van der Waals surface area (Å²) in [4.78, 5) is 18.7. The first-order valence-corrected chi connectivity index (χ1v) is 13.0. The van der Waals surface area contributed by atoms with Gasteiger partial charge < -0.3 is 10.2 Å². The van der Waals surface area contributed by atoms with Crippen LogP contribution in [0.4, 0.5) is 5.82 Å². The van der Waals surface area contributed by atoms with Crippen LogP contribution in [0.5, 0.6) is 0 Å². The van der Waals surface area contributed by atoms with E-state index in [0.717, 1.165) is 12.4 Å². The molecule has 2 heterocycles. The van der Waals surface area contributed by atoms with Crippen molar-refractivity contribution in [2.45, 2.75) is 44.4 Å². The van der Waals surface area contributed by atoms with Gasteiger partial charge >= 0.3 is 0 Å². The Morgan fingerprint density at radius 2 is 1.77 bits per heavy atom. The number of nitrogens with zero attached hydrogens (tertiary/aromatic N) is 2. The van der Waals surface area contributed by atoms with E-state index in [-0.39, 0.29) is 35.9 Å². The summed E-state index contributed by atoms with van der Waals surface area (Å²) < 4.78 is 23.2. The van der Waals surface area contributed by atoms with Gasteiger partial charge in [0.1, 0.15) is 5.82 Å². The summed E-state index contributed by atoms with van der Waals surface area (Å²) in [6, 6.07) is 12.3. The first kappa shape index (κ1) is 21.8. The highest BCUT2D eigenvalue weighted by Gasteiger charge is 2.35. The van der Waals surface area contributed by atoms with Crippen LogP contribution in [-0.2, 0) is 15.3 Å². The predicted molar refractivity (Wildman–Crippen MR) is 123 cm³/mol. The van der Waals surface area contributed by atoms with E-state index in [4.69, 9.17) is 0 Å². The number of aryl methyl sites for hydroxylation is 1. The second-order valence-electron chi connectivity index (χ2n) is 8.89. The molecule has 1 aliphatic carbocycles. The second kappa shape index (κ2) is 8.99. The van der Waals surface area contributed by atoms with Crippen LogP contribution in [0.2, 0.25) is 0 Å². The third kappa shape index (κ3) is 4.92. The Kier molecular flexibility index (Phi) is 6.32. The van der Waals surface area contributed by atoms with Gasteiger partial charge in [-0.2, -0.15) is 0 Å². The molecule has 1 N–H and O–H groups in total. The molecule has 4 rings (SSSR count). The van der Waals surface area contributed by atoms with E-state index in [9.17, 15) is 13.2 Å². The summed E-state index contributed by atoms with van der Waals surface area (Å²) in [6.07, 6.45) is 7.69. The standard InChI is InChI=1S/C24H31N3O3S/c1-19-7-3-4-8-21(19)24(11-5-2-6-12-24)18-26-22-10-9-20(17-25-22)23(28)27-13-15-31(29,30)16-14-27/h3-4,7-10,17H,2,5-6,11-16,18H2,1H3,(H,25,26). The van der Waals surface area contributed by atoms with Crippen LogP contribution in [0.1, 0.15) is 53.6 Å². The first-order valence-electron chi connectivity index (χ1n) is 11.1. The Labute approximate surface area is 185 Å². The SMILES string of the molecule is Cc1ccccc1C1(CNc2ccc(C(=O)N3CCS(=O)(=O)CC3)cn2)CCCCC1. The van der Waals surface area contributed by atoms with Crippen LogP contribution >= 0.6 is 0 Å². The summed E-state index contributed by atoms with van der Waals surface area (Å²) in [6.45, 7) is 3.51. The molecular weight excluding hydrogens is 410 g/mol. The van der Waals surface area contributed by atoms with Crippen molar-refractivity contribution in [2.24, 2.45) is 0 Å². The Morgan fingerprint density at radius 3 is 2.42 bits per heavy atom. The van der Waals surface area contributed by atoms with Crippen molar-refractivity contribution in [3.63, 3.8) is 0 Å². The maximum Gasteiger partial charge on any atom is 0.255 e. The number of carbonyl (C=O) groups is 1. The normalized spacial score (nSPS) is 20.2. The molecule has 7 heteroatoms. The van der Waals surface area contributed by atoms with Gasteiger partial charge in [-0.25, -0.2) is 13.4 Å². The highest BCUT2D eigenvalue weighted by atomic mass is 32.2. The fraction of sp³-hybridized carbons (Fsp3) is 0.500. The number of rotatable bonds is 5. The van der Waals surface area contributed by atoms with Crippen LogP contribution < -0.4 is 5.32 Å². The van der Waals surface area contributed by atoms with Gasteiger partial charge in [-0.15, -0.1) is 0 Å². The highest BCUT2D eigenvalue weighted by Crippen LogP contribution is 2.40. The van der Waals surface area contributed by atoms with Crippen LogP contribution in [0, 0.1) is 6.92 Å². The summed E-state index contributed by atoms with van der Waals surface area (Å²) in [7, 11) is -3.01. The number of benzene rings is 1. The Bertz CT molecular complexity index is 1010. The summed E-state index contributed by atoms with van der Waals surface area (Å²) in [5.41, 5.74) is 3.37. The van der Waals surface area contributed by atoms with E-state index in [0.29, 0.717) is 5.56 Å². The number of hydrogen-bond donors (Lipinski definition) is 1. The second-order valence-corrected chi connectivity index (χ2v) is 11.2. The number of nitrogens with one attached hydrogen (secondary N) is 1. The molecule has 1 aromatic carbocycles. The molecular formula is C24H31N3O3S. The third-order valence-electron chi connectivity index (χ3n) is 6.78. The van der Waals surface area contributed by atoms with Gasteiger partial charge in [-0.1, -0.05) is 43.5 Å². The molecule has 0 bridgehead atoms. The first-order chi connectivity index (χ1) is 14.9. The van der Waals surface area contributed by atoms with Gasteiger partial charge in [0, 0.05) is 31.2 Å². The number of anilines is 1. The molecule has 0 radical (unpaired) electrons. The summed E-state index contributed by atoms with van der Waals surface area (Å²) in [5.74, 6) is 0.675. The van der Waals surface area contributed by atoms with Crippen LogP contribution in [0.25, 0.3) is 0 Å². The molecule has 2 fully saturated rings. The van der Waals surface area contributed by atoms with Gasteiger partial charge in [-0.05, 0) is 43.0 Å². The predicted octanol–water partition coefficient (Wildman–Crippen LogP) is 3.57. The van der Waals surface area contributed by atoms with Crippen LogP contribution in [0.3, 0.4) is 0 Å². The van der Waals surface area contributed by atoms with Gasteiger partial charge in [-0.3, -0.25) is 4.79 Å². The maximum atomic E-state index is 12.7. The lowest BCUT2D eigenvalue weighted by molar-refractivity contribution is 0.0770. The molecule has 1 saturated heterocycles. The topological polar surface area (TPSA) is 79.4 Å². The molecule has 2 aromatic rings. The zero-order valence-corrected chi connectivity index (χ0v) is 19.0. The number of aromatic nitrogens is 1. The van der Waals surface area contributed by atoms with Crippen LogP contribution in [0.15, 0.2) is 42.6 Å². The minimum Gasteiger partial charge on any atom is -0.369 e. The Balaban J connectivity index is 1.43. The Morgan fingerprint density at radius 1 is 1.06 bits per heavy atom. The van der Waals surface area contributed by atoms with Crippen molar-refractivity contribution in [1.29, 1.82) is 0 Å². The quantitative estimate of drug-likeness (QED) is 0.767. The van der Waals surface area contributed by atoms with E-state index in [1.165, 1.54) is 43.2 Å². The fourth-order valence-electron chi connectivity index (χ4n) is 4.92. The average molecular weight is 442 g/mol. The van der Waals surface area contributed by atoms with E-state index in [2.05, 4.69) is 41.5 Å². The smallest absolute Gasteiger partial charge is 0.255 e. The van der Waals surface area contributed by atoms with Crippen molar-refractivity contribution in [3.05, 3.63) is 59.3 Å². The molecule has 1 saturated carbocycles. The number of hydrogen-bond acceptors (Lipinski definition) is 5. The van der Waals surface area contributed by atoms with Crippen molar-refractivity contribution in [1.82, 2.24) is 9.88 Å². The van der Waals surface area contributed by atoms with Crippen molar-refractivity contribution in [3.8, 4) is 0 Å². The van der Waals surface area contributed by atoms with Crippen molar-refractivity contribution >= 4 is 21.6 Å². The summed E-state index contributed by atoms with van der Waals surface area (Å²) in [5, 5.41) is 3.52. The van der Waals surface area contributed by atoms with Gasteiger partial charge in [0.2, 0.25) is 0 Å². The van der Waals surface area contributed by atoms with Gasteiger partial charge in [0.25, 0.3) is 5.91 Å². The summed E-state index contributed by atoms with van der Waals surface area (Å²) >= 11 is 0. The average Bonchev–Trinajstić information content (AvgIpc) is 2.78. The zero-order valence-electron chi connectivity index (χ0n) is 18.1. The molecule has 6 nitrogen and oxygen atoms in total. The zero-order chi connectivity index (χ0) is 21.9. The molecule has 2 aliphatic rings. The fourth-order valence-corrected chi connectivity index (χ4v) is 6.12. The third-order valence-corrected chi connectivity index (χ3v) is 8.39. The van der Waals surface area contributed by atoms with E-state index in [1.54, 1.807) is 17.2 Å². The molecule has 0 unspecified atom stereocenters. The molecule has 1 amide bonds. The van der Waals surface area contributed by atoms with Gasteiger partial charge in [0.05, 0.1) is 17.1 Å². The Hall–Kier alpha value is -2.41.